The van der Waals surface area contributed by atoms with E-state index in [0.717, 1.165) is 0 Å². The fourth-order valence-corrected chi connectivity index (χ4v) is 6.57. The van der Waals surface area contributed by atoms with Gasteiger partial charge < -0.3 is 5.11 Å². The van der Waals surface area contributed by atoms with Gasteiger partial charge in [0, 0.05) is 9.65 Å². The summed E-state index contributed by atoms with van der Waals surface area (Å²) in [4.78, 5) is 0.812. The van der Waals surface area contributed by atoms with Gasteiger partial charge in [0.05, 0.1) is 15.8 Å². The predicted octanol–water partition coefficient (Wildman–Crippen LogP) is 3.69. The molecule has 0 aromatic heterocycles. The van der Waals surface area contributed by atoms with E-state index in [2.05, 4.69) is 77.6 Å². The molecule has 0 heterocycles. The van der Waals surface area contributed by atoms with Gasteiger partial charge in [-0.3, -0.25) is 0 Å². The first-order valence-corrected chi connectivity index (χ1v) is 8.28. The minimum Gasteiger partial charge on any atom is -0.391 e. The van der Waals surface area contributed by atoms with Gasteiger partial charge in [-0.2, -0.15) is 0 Å². The summed E-state index contributed by atoms with van der Waals surface area (Å²) in [5.74, 6) is 1.09. The molecule has 1 fully saturated rings. The van der Waals surface area contributed by atoms with Crippen LogP contribution in [0.15, 0.2) is 0 Å². The lowest BCUT2D eigenvalue weighted by Crippen LogP contribution is -2.54. The molecule has 1 aliphatic carbocycles. The highest BCUT2D eigenvalue weighted by Gasteiger charge is 2.47. The van der Waals surface area contributed by atoms with Gasteiger partial charge in [0.25, 0.3) is 0 Å². The van der Waals surface area contributed by atoms with Gasteiger partial charge in [0.1, 0.15) is 0 Å². The van der Waals surface area contributed by atoms with Crippen molar-refractivity contribution in [3.05, 3.63) is 0 Å². The van der Waals surface area contributed by atoms with E-state index in [4.69, 9.17) is 0 Å². The fraction of sp³-hybridized carbons (Fsp3) is 1.00. The Kier molecular flexibility index (Phi) is 5.45. The Bertz CT molecular complexity index is 183. The number of rotatable bonds is 1. The summed E-state index contributed by atoms with van der Waals surface area (Å²) in [6.07, 6.45) is -0.362. The third kappa shape index (κ3) is 2.58. The van der Waals surface area contributed by atoms with E-state index in [-0.39, 0.29) is 15.8 Å². The topological polar surface area (TPSA) is 20.2 Å². The molecule has 4 unspecified atom stereocenters. The molecular weight excluding hydrogens is 444 g/mol. The lowest BCUT2D eigenvalue weighted by atomic mass is 9.80. The molecule has 0 aromatic carbocycles. The van der Waals surface area contributed by atoms with E-state index in [1.165, 1.54) is 0 Å². The van der Waals surface area contributed by atoms with Crippen LogP contribution >= 0.6 is 63.7 Å². The Morgan fingerprint density at radius 1 is 0.857 bits per heavy atom. The molecule has 14 heavy (non-hydrogen) atoms. The number of halogens is 4. The summed E-state index contributed by atoms with van der Waals surface area (Å²) in [5, 5.41) is 9.93. The van der Waals surface area contributed by atoms with E-state index in [9.17, 15) is 5.11 Å². The Hall–Kier alpha value is 1.88. The van der Waals surface area contributed by atoms with Crippen LogP contribution in [0.1, 0.15) is 13.8 Å². The highest BCUT2D eigenvalue weighted by molar-refractivity contribution is 9.13. The van der Waals surface area contributed by atoms with Crippen molar-refractivity contribution in [2.24, 2.45) is 11.8 Å². The monoisotopic (exact) mass is 454 g/mol. The molecule has 4 atom stereocenters. The van der Waals surface area contributed by atoms with Crippen molar-refractivity contribution in [3.63, 3.8) is 0 Å². The van der Waals surface area contributed by atoms with Gasteiger partial charge >= 0.3 is 0 Å². The van der Waals surface area contributed by atoms with Gasteiger partial charge in [-0.25, -0.2) is 0 Å². The third-order valence-electron chi connectivity index (χ3n) is 2.77. The maximum Gasteiger partial charge on any atom is 0.0811 e. The summed E-state index contributed by atoms with van der Waals surface area (Å²) in [7, 11) is 0. The van der Waals surface area contributed by atoms with Gasteiger partial charge in [0.2, 0.25) is 0 Å². The normalized spacial score (nSPS) is 49.7. The average Bonchev–Trinajstić information content (AvgIpc) is 2.11. The molecule has 84 valence electrons. The van der Waals surface area contributed by atoms with Gasteiger partial charge in [0.15, 0.2) is 0 Å². The molecule has 0 saturated heterocycles. The van der Waals surface area contributed by atoms with E-state index in [1.807, 2.05) is 0 Å². The van der Waals surface area contributed by atoms with E-state index in [1.54, 1.807) is 0 Å². The van der Waals surface area contributed by atoms with E-state index >= 15 is 0 Å². The zero-order valence-electron chi connectivity index (χ0n) is 8.00. The van der Waals surface area contributed by atoms with Gasteiger partial charge in [-0.1, -0.05) is 77.6 Å². The van der Waals surface area contributed by atoms with Crippen LogP contribution in [0.4, 0.5) is 0 Å². The standard InChI is InChI=1S/C9H14Br4O/c1-3(2)4-5(10)7(12)9(14)8(13)6(4)11/h3-9,14H,1-2H3. The van der Waals surface area contributed by atoms with Gasteiger partial charge in [-0.15, -0.1) is 0 Å². The first kappa shape index (κ1) is 13.9. The molecule has 0 aliphatic heterocycles. The number of aliphatic hydroxyl groups is 1. The largest absolute Gasteiger partial charge is 0.391 e. The molecule has 1 rings (SSSR count). The molecule has 0 spiro atoms. The molecule has 0 bridgehead atoms. The van der Waals surface area contributed by atoms with Gasteiger partial charge in [-0.05, 0) is 11.8 Å². The predicted molar refractivity (Wildman–Crippen MR) is 75.2 cm³/mol. The van der Waals surface area contributed by atoms with Crippen LogP contribution in [0.5, 0.6) is 0 Å². The number of aliphatic hydroxyl groups excluding tert-OH is 1. The quantitative estimate of drug-likeness (QED) is 0.596. The molecule has 1 nitrogen and oxygen atoms in total. The van der Waals surface area contributed by atoms with Crippen LogP contribution in [0.3, 0.4) is 0 Å². The molecular formula is C9H14Br4O. The SMILES string of the molecule is CC(C)C1C(Br)C(Br)C(O)C(Br)C1Br. The molecule has 5 heteroatoms. The van der Waals surface area contributed by atoms with Crippen molar-refractivity contribution in [1.82, 2.24) is 0 Å². The summed E-state index contributed by atoms with van der Waals surface area (Å²) >= 11 is 14.4. The zero-order chi connectivity index (χ0) is 11.0. The highest BCUT2D eigenvalue weighted by atomic mass is 79.9. The molecule has 1 saturated carbocycles. The van der Waals surface area contributed by atoms with Crippen LogP contribution in [-0.4, -0.2) is 30.5 Å². The summed E-state index contributed by atoms with van der Waals surface area (Å²) in [6.45, 7) is 4.43. The van der Waals surface area contributed by atoms with Crippen LogP contribution < -0.4 is 0 Å². The Morgan fingerprint density at radius 3 is 1.50 bits per heavy atom. The Labute approximate surface area is 119 Å². The molecule has 1 N–H and O–H groups in total. The van der Waals surface area contributed by atoms with Crippen molar-refractivity contribution in [2.45, 2.75) is 39.3 Å². The highest BCUT2D eigenvalue weighted by Crippen LogP contribution is 2.44. The maximum atomic E-state index is 9.93. The second kappa shape index (κ2) is 5.48. The minimum atomic E-state index is -0.362. The lowest BCUT2D eigenvalue weighted by molar-refractivity contribution is 0.126. The summed E-state index contributed by atoms with van der Waals surface area (Å²) in [5.41, 5.74) is 0. The van der Waals surface area contributed by atoms with E-state index < -0.39 is 0 Å². The average molecular weight is 458 g/mol. The van der Waals surface area contributed by atoms with Crippen molar-refractivity contribution in [3.8, 4) is 0 Å². The smallest absolute Gasteiger partial charge is 0.0811 e. The molecule has 0 aromatic rings. The summed E-state index contributed by atoms with van der Waals surface area (Å²) < 4.78 is 0. The fourth-order valence-electron chi connectivity index (χ4n) is 1.89. The van der Waals surface area contributed by atoms with Crippen LogP contribution in [0.2, 0.25) is 0 Å². The van der Waals surface area contributed by atoms with Crippen LogP contribution in [-0.2, 0) is 0 Å². The van der Waals surface area contributed by atoms with Crippen LogP contribution in [0.25, 0.3) is 0 Å². The second-order valence-electron chi connectivity index (χ2n) is 4.09. The molecule has 0 amide bonds. The minimum absolute atomic E-state index is 0.105. The zero-order valence-corrected chi connectivity index (χ0v) is 14.3. The van der Waals surface area contributed by atoms with Crippen molar-refractivity contribution in [2.75, 3.05) is 0 Å². The Balaban J connectivity index is 2.86. The Morgan fingerprint density at radius 2 is 1.21 bits per heavy atom. The molecule has 0 radical (unpaired) electrons. The van der Waals surface area contributed by atoms with E-state index in [0.29, 0.717) is 21.5 Å². The van der Waals surface area contributed by atoms with Crippen molar-refractivity contribution < 1.29 is 5.11 Å². The van der Waals surface area contributed by atoms with Crippen molar-refractivity contribution in [1.29, 1.82) is 0 Å². The third-order valence-corrected chi connectivity index (χ3v) is 8.77. The number of hydrogen-bond acceptors (Lipinski definition) is 1. The van der Waals surface area contributed by atoms with Crippen molar-refractivity contribution >= 4 is 63.7 Å². The molecule has 1 aliphatic rings. The maximum absolute atomic E-state index is 9.93. The number of alkyl halides is 4. The summed E-state index contributed by atoms with van der Waals surface area (Å²) in [6, 6.07) is 0. The first-order chi connectivity index (χ1) is 6.37. The lowest BCUT2D eigenvalue weighted by Gasteiger charge is -2.44. The second-order valence-corrected chi connectivity index (χ2v) is 8.32. The van der Waals surface area contributed by atoms with Crippen LogP contribution in [0, 0.1) is 11.8 Å². The first-order valence-electron chi connectivity index (χ1n) is 4.62. The number of hydrogen-bond donors (Lipinski definition) is 1.